The lowest BCUT2D eigenvalue weighted by Gasteiger charge is -2.37. The Morgan fingerprint density at radius 1 is 1.32 bits per heavy atom. The van der Waals surface area contributed by atoms with Gasteiger partial charge in [0.1, 0.15) is 0 Å². The molecule has 1 aromatic rings. The van der Waals surface area contributed by atoms with Crippen LogP contribution in [0.2, 0.25) is 0 Å². The van der Waals surface area contributed by atoms with Crippen molar-refractivity contribution in [1.29, 1.82) is 0 Å². The van der Waals surface area contributed by atoms with Gasteiger partial charge in [-0.2, -0.15) is 0 Å². The Labute approximate surface area is 171 Å². The van der Waals surface area contributed by atoms with Crippen molar-refractivity contribution in [3.8, 4) is 0 Å². The van der Waals surface area contributed by atoms with Crippen LogP contribution >= 0.6 is 35.3 Å². The second-order valence-electron chi connectivity index (χ2n) is 6.34. The van der Waals surface area contributed by atoms with Gasteiger partial charge in [0.2, 0.25) is 5.91 Å². The van der Waals surface area contributed by atoms with Crippen molar-refractivity contribution in [2.75, 3.05) is 44.7 Å². The number of aliphatic imine (C=N–C) groups is 1. The molecule has 2 fully saturated rings. The van der Waals surface area contributed by atoms with E-state index in [1.54, 1.807) is 11.3 Å². The van der Waals surface area contributed by atoms with Gasteiger partial charge in [-0.3, -0.25) is 9.79 Å². The van der Waals surface area contributed by atoms with Gasteiger partial charge in [-0.05, 0) is 36.8 Å². The molecule has 3 rings (SSSR count). The van der Waals surface area contributed by atoms with Crippen molar-refractivity contribution in [3.63, 3.8) is 0 Å². The number of anilines is 1. The van der Waals surface area contributed by atoms with Crippen LogP contribution in [0.25, 0.3) is 0 Å². The number of carbonyl (C=O) groups is 1. The predicted molar refractivity (Wildman–Crippen MR) is 115 cm³/mol. The highest BCUT2D eigenvalue weighted by atomic mass is 127. The quantitative estimate of drug-likeness (QED) is 0.285. The average Bonchev–Trinajstić information content (AvgIpc) is 3.24. The molecule has 0 radical (unpaired) electrons. The van der Waals surface area contributed by atoms with Crippen LogP contribution in [0.1, 0.15) is 25.7 Å². The molecule has 0 spiro atoms. The predicted octanol–water partition coefficient (Wildman–Crippen LogP) is 2.12. The van der Waals surface area contributed by atoms with Crippen LogP contribution in [0.15, 0.2) is 22.5 Å². The van der Waals surface area contributed by atoms with Gasteiger partial charge in [0.05, 0.1) is 5.00 Å². The Morgan fingerprint density at radius 2 is 2.08 bits per heavy atom. The number of hydrogen-bond acceptors (Lipinski definition) is 4. The summed E-state index contributed by atoms with van der Waals surface area (Å²) in [6.07, 6.45) is 3.72. The molecule has 1 saturated carbocycles. The first kappa shape index (κ1) is 20.3. The molecule has 140 valence electrons. The molecule has 0 unspecified atom stereocenters. The molecule has 0 bridgehead atoms. The number of thiophene rings is 1. The van der Waals surface area contributed by atoms with Gasteiger partial charge in [-0.15, -0.1) is 35.3 Å². The van der Waals surface area contributed by atoms with Crippen LogP contribution in [0.3, 0.4) is 0 Å². The molecule has 2 N–H and O–H groups in total. The molecule has 0 aromatic carbocycles. The van der Waals surface area contributed by atoms with Crippen LogP contribution in [0.5, 0.6) is 0 Å². The highest BCUT2D eigenvalue weighted by Gasteiger charge is 2.23. The van der Waals surface area contributed by atoms with E-state index in [-0.39, 0.29) is 29.9 Å². The summed E-state index contributed by atoms with van der Waals surface area (Å²) >= 11 is 1.80. The van der Waals surface area contributed by atoms with E-state index in [1.165, 1.54) is 5.00 Å². The summed E-state index contributed by atoms with van der Waals surface area (Å²) in [7, 11) is 1.83. The van der Waals surface area contributed by atoms with Gasteiger partial charge in [-0.1, -0.05) is 0 Å². The molecular formula is C17H28IN5OS. The third-order valence-electron chi connectivity index (χ3n) is 4.42. The van der Waals surface area contributed by atoms with Crippen molar-refractivity contribution in [2.24, 2.45) is 4.99 Å². The normalized spacial score (nSPS) is 17.9. The highest BCUT2D eigenvalue weighted by Crippen LogP contribution is 2.22. The topological polar surface area (TPSA) is 60.0 Å². The van der Waals surface area contributed by atoms with E-state index in [0.717, 1.165) is 57.9 Å². The van der Waals surface area contributed by atoms with Gasteiger partial charge < -0.3 is 20.4 Å². The Bertz CT molecular complexity index is 553. The zero-order chi connectivity index (χ0) is 16.8. The number of piperazine rings is 1. The standard InChI is InChI=1S/C17H27N5OS.HI/c1-18-17(19-8-2-4-15(23)20-14-6-7-14)22-11-9-21(10-12-22)16-5-3-13-24-16;/h3,5,13-14H,2,4,6-12H2,1H3,(H,18,19)(H,20,23);1H. The monoisotopic (exact) mass is 477 g/mol. The zero-order valence-electron chi connectivity index (χ0n) is 14.7. The second kappa shape index (κ2) is 10.2. The number of nitrogens with zero attached hydrogens (tertiary/aromatic N) is 3. The van der Waals surface area contributed by atoms with E-state index in [0.29, 0.717) is 12.5 Å². The van der Waals surface area contributed by atoms with E-state index in [4.69, 9.17) is 0 Å². The first-order valence-electron chi connectivity index (χ1n) is 8.79. The van der Waals surface area contributed by atoms with Crippen LogP contribution in [-0.4, -0.2) is 62.6 Å². The fraction of sp³-hybridized carbons (Fsp3) is 0.647. The van der Waals surface area contributed by atoms with Crippen molar-refractivity contribution >= 4 is 52.2 Å². The van der Waals surface area contributed by atoms with E-state index in [1.807, 2.05) is 7.05 Å². The van der Waals surface area contributed by atoms with Crippen LogP contribution in [-0.2, 0) is 4.79 Å². The minimum atomic E-state index is 0. The lowest BCUT2D eigenvalue weighted by Crippen LogP contribution is -2.52. The maximum atomic E-state index is 11.7. The molecule has 8 heteroatoms. The van der Waals surface area contributed by atoms with Crippen molar-refractivity contribution in [3.05, 3.63) is 17.5 Å². The molecule has 1 amide bonds. The number of rotatable bonds is 6. The molecular weight excluding hydrogens is 449 g/mol. The number of amides is 1. The van der Waals surface area contributed by atoms with E-state index < -0.39 is 0 Å². The molecule has 25 heavy (non-hydrogen) atoms. The Morgan fingerprint density at radius 3 is 2.68 bits per heavy atom. The lowest BCUT2D eigenvalue weighted by molar-refractivity contribution is -0.121. The maximum Gasteiger partial charge on any atom is 0.220 e. The third-order valence-corrected chi connectivity index (χ3v) is 5.34. The summed E-state index contributed by atoms with van der Waals surface area (Å²) in [5.41, 5.74) is 0. The van der Waals surface area contributed by atoms with Crippen molar-refractivity contribution in [2.45, 2.75) is 31.7 Å². The zero-order valence-corrected chi connectivity index (χ0v) is 17.9. The number of nitrogens with one attached hydrogen (secondary N) is 2. The number of hydrogen-bond donors (Lipinski definition) is 2. The van der Waals surface area contributed by atoms with Gasteiger partial charge in [0.25, 0.3) is 0 Å². The highest BCUT2D eigenvalue weighted by molar-refractivity contribution is 14.0. The molecule has 1 aliphatic carbocycles. The minimum absolute atomic E-state index is 0. The molecule has 1 aromatic heterocycles. The summed E-state index contributed by atoms with van der Waals surface area (Å²) in [4.78, 5) is 20.8. The summed E-state index contributed by atoms with van der Waals surface area (Å²) in [5.74, 6) is 1.13. The summed E-state index contributed by atoms with van der Waals surface area (Å²) in [6.45, 7) is 4.77. The third kappa shape index (κ3) is 6.32. The fourth-order valence-electron chi connectivity index (χ4n) is 2.90. The SMILES string of the molecule is CN=C(NCCCC(=O)NC1CC1)N1CCN(c2cccs2)CC1.I. The molecule has 0 atom stereocenters. The second-order valence-corrected chi connectivity index (χ2v) is 7.27. The number of halogens is 1. The Hall–Kier alpha value is -1.03. The van der Waals surface area contributed by atoms with Gasteiger partial charge in [0, 0.05) is 52.2 Å². The molecule has 1 aliphatic heterocycles. The smallest absolute Gasteiger partial charge is 0.220 e. The first-order valence-corrected chi connectivity index (χ1v) is 9.67. The van der Waals surface area contributed by atoms with Crippen LogP contribution in [0, 0.1) is 0 Å². The molecule has 1 saturated heterocycles. The average molecular weight is 477 g/mol. The number of carbonyl (C=O) groups excluding carboxylic acids is 1. The fourth-order valence-corrected chi connectivity index (χ4v) is 3.68. The largest absolute Gasteiger partial charge is 0.360 e. The van der Waals surface area contributed by atoms with E-state index >= 15 is 0 Å². The van der Waals surface area contributed by atoms with Gasteiger partial charge >= 0.3 is 0 Å². The maximum absolute atomic E-state index is 11.7. The Balaban J connectivity index is 0.00000225. The van der Waals surface area contributed by atoms with E-state index in [2.05, 4.69) is 42.9 Å². The number of guanidine groups is 1. The van der Waals surface area contributed by atoms with Gasteiger partial charge in [0.15, 0.2) is 5.96 Å². The summed E-state index contributed by atoms with van der Waals surface area (Å²) in [5, 5.41) is 9.89. The summed E-state index contributed by atoms with van der Waals surface area (Å²) in [6, 6.07) is 4.74. The van der Waals surface area contributed by atoms with Crippen molar-refractivity contribution in [1.82, 2.24) is 15.5 Å². The van der Waals surface area contributed by atoms with Crippen molar-refractivity contribution < 1.29 is 4.79 Å². The lowest BCUT2D eigenvalue weighted by atomic mass is 10.3. The van der Waals surface area contributed by atoms with Crippen LogP contribution in [0.4, 0.5) is 5.00 Å². The molecule has 2 aliphatic rings. The molecule has 2 heterocycles. The van der Waals surface area contributed by atoms with E-state index in [9.17, 15) is 4.79 Å². The molecule has 6 nitrogen and oxygen atoms in total. The van der Waals surface area contributed by atoms with Crippen LogP contribution < -0.4 is 15.5 Å². The summed E-state index contributed by atoms with van der Waals surface area (Å²) < 4.78 is 0. The first-order chi connectivity index (χ1) is 11.8. The van der Waals surface area contributed by atoms with Gasteiger partial charge in [-0.25, -0.2) is 0 Å². The Kier molecular flexibility index (Phi) is 8.28. The minimum Gasteiger partial charge on any atom is -0.360 e.